The minimum absolute atomic E-state index is 0.162. The maximum absolute atomic E-state index is 12.3. The number of nitrogens with one attached hydrogen (secondary N) is 1. The van der Waals surface area contributed by atoms with Crippen LogP contribution >= 0.6 is 0 Å². The minimum Gasteiger partial charge on any atom is -0.391 e. The molecule has 0 radical (unpaired) electrons. The predicted octanol–water partition coefficient (Wildman–Crippen LogP) is 2.70. The third kappa shape index (κ3) is 4.66. The predicted molar refractivity (Wildman–Crippen MR) is 65.6 cm³/mol. The zero-order valence-electron chi connectivity index (χ0n) is 10.9. The fourth-order valence-corrected chi connectivity index (χ4v) is 1.79. The second-order valence-electron chi connectivity index (χ2n) is 4.33. The van der Waals surface area contributed by atoms with Crippen LogP contribution in [0, 0.1) is 5.92 Å². The van der Waals surface area contributed by atoms with Crippen molar-refractivity contribution in [2.24, 2.45) is 5.92 Å². The Hall–Kier alpha value is -1.37. The van der Waals surface area contributed by atoms with Crippen molar-refractivity contribution in [3.05, 3.63) is 17.8 Å². The average Bonchev–Trinajstić information content (AvgIpc) is 2.37. The van der Waals surface area contributed by atoms with Crippen molar-refractivity contribution in [1.29, 1.82) is 0 Å². The van der Waals surface area contributed by atoms with Gasteiger partial charge in [-0.25, -0.2) is 0 Å². The summed E-state index contributed by atoms with van der Waals surface area (Å²) in [5.41, 5.74) is -1.03. The summed E-state index contributed by atoms with van der Waals surface area (Å²) < 4.78 is 36.8. The van der Waals surface area contributed by atoms with E-state index in [2.05, 4.69) is 15.5 Å². The van der Waals surface area contributed by atoms with E-state index in [1.54, 1.807) is 0 Å². The van der Waals surface area contributed by atoms with Gasteiger partial charge in [-0.3, -0.25) is 0 Å². The standard InChI is InChI=1S/C12H18F3N3O/c1-3-8(4-2)9(19)7-16-11-6-5-10(17-18-11)12(13,14)15/h5-6,8-9,19H,3-4,7H2,1-2H3,(H,16,18). The largest absolute Gasteiger partial charge is 0.435 e. The van der Waals surface area contributed by atoms with Crippen molar-refractivity contribution in [3.8, 4) is 0 Å². The monoisotopic (exact) mass is 277 g/mol. The topological polar surface area (TPSA) is 58.0 Å². The molecule has 1 aromatic heterocycles. The third-order valence-corrected chi connectivity index (χ3v) is 3.04. The van der Waals surface area contributed by atoms with Crippen LogP contribution in [0.1, 0.15) is 32.4 Å². The summed E-state index contributed by atoms with van der Waals surface area (Å²) in [6.45, 7) is 4.21. The highest BCUT2D eigenvalue weighted by Gasteiger charge is 2.32. The Morgan fingerprint density at radius 3 is 2.26 bits per heavy atom. The zero-order valence-corrected chi connectivity index (χ0v) is 10.9. The molecule has 1 heterocycles. The van der Waals surface area contributed by atoms with Gasteiger partial charge in [0.2, 0.25) is 0 Å². The Morgan fingerprint density at radius 2 is 1.84 bits per heavy atom. The number of hydrogen-bond acceptors (Lipinski definition) is 4. The van der Waals surface area contributed by atoms with Crippen molar-refractivity contribution in [3.63, 3.8) is 0 Å². The lowest BCUT2D eigenvalue weighted by atomic mass is 9.97. The highest BCUT2D eigenvalue weighted by molar-refractivity contribution is 5.33. The number of halogens is 3. The molecule has 0 aliphatic rings. The quantitative estimate of drug-likeness (QED) is 0.839. The molecule has 108 valence electrons. The SMILES string of the molecule is CCC(CC)C(O)CNc1ccc(C(F)(F)F)nn1. The smallest absolute Gasteiger partial charge is 0.391 e. The van der Waals surface area contributed by atoms with Crippen LogP contribution in [0.5, 0.6) is 0 Å². The van der Waals surface area contributed by atoms with E-state index >= 15 is 0 Å². The van der Waals surface area contributed by atoms with Gasteiger partial charge in [0.15, 0.2) is 5.69 Å². The molecule has 19 heavy (non-hydrogen) atoms. The maximum Gasteiger partial charge on any atom is 0.435 e. The van der Waals surface area contributed by atoms with Gasteiger partial charge in [-0.1, -0.05) is 26.7 Å². The number of nitrogens with zero attached hydrogens (tertiary/aromatic N) is 2. The van der Waals surface area contributed by atoms with Gasteiger partial charge >= 0.3 is 6.18 Å². The van der Waals surface area contributed by atoms with Gasteiger partial charge in [-0.05, 0) is 18.1 Å². The Morgan fingerprint density at radius 1 is 1.21 bits per heavy atom. The van der Waals surface area contributed by atoms with Crippen LogP contribution in [0.25, 0.3) is 0 Å². The third-order valence-electron chi connectivity index (χ3n) is 3.04. The van der Waals surface area contributed by atoms with Crippen LogP contribution in [0.3, 0.4) is 0 Å². The van der Waals surface area contributed by atoms with Gasteiger partial charge in [-0.2, -0.15) is 13.2 Å². The fourth-order valence-electron chi connectivity index (χ4n) is 1.79. The highest BCUT2D eigenvalue weighted by atomic mass is 19.4. The summed E-state index contributed by atoms with van der Waals surface area (Å²) >= 11 is 0. The number of aromatic nitrogens is 2. The van der Waals surface area contributed by atoms with Gasteiger partial charge < -0.3 is 10.4 Å². The summed E-state index contributed by atoms with van der Waals surface area (Å²) in [6.07, 6.45) is -3.35. The van der Waals surface area contributed by atoms with Crippen LogP contribution in [0.2, 0.25) is 0 Å². The average molecular weight is 277 g/mol. The first-order valence-electron chi connectivity index (χ1n) is 6.21. The second-order valence-corrected chi connectivity index (χ2v) is 4.33. The molecular weight excluding hydrogens is 259 g/mol. The first-order chi connectivity index (χ1) is 8.88. The van der Waals surface area contributed by atoms with Crippen LogP contribution in [-0.2, 0) is 6.18 Å². The molecule has 1 rings (SSSR count). The number of aliphatic hydroxyl groups excluding tert-OH is 1. The van der Waals surface area contributed by atoms with E-state index in [1.165, 1.54) is 6.07 Å². The Kier molecular flexibility index (Phi) is 5.53. The van der Waals surface area contributed by atoms with E-state index in [4.69, 9.17) is 0 Å². The van der Waals surface area contributed by atoms with E-state index in [0.29, 0.717) is 0 Å². The molecule has 7 heteroatoms. The van der Waals surface area contributed by atoms with Gasteiger partial charge in [-0.15, -0.1) is 10.2 Å². The first kappa shape index (κ1) is 15.7. The molecule has 2 N–H and O–H groups in total. The van der Waals surface area contributed by atoms with Gasteiger partial charge in [0, 0.05) is 6.54 Å². The number of hydrogen-bond donors (Lipinski definition) is 2. The molecule has 0 aliphatic carbocycles. The summed E-state index contributed by atoms with van der Waals surface area (Å²) in [7, 11) is 0. The number of rotatable bonds is 6. The van der Waals surface area contributed by atoms with Gasteiger partial charge in [0.1, 0.15) is 5.82 Å². The van der Waals surface area contributed by atoms with Crippen molar-refractivity contribution in [1.82, 2.24) is 10.2 Å². The first-order valence-corrected chi connectivity index (χ1v) is 6.21. The molecule has 0 bridgehead atoms. The summed E-state index contributed by atoms with van der Waals surface area (Å²) in [4.78, 5) is 0. The van der Waals surface area contributed by atoms with E-state index in [0.717, 1.165) is 18.9 Å². The number of alkyl halides is 3. The molecule has 1 atom stereocenters. The lowest BCUT2D eigenvalue weighted by molar-refractivity contribution is -0.141. The fraction of sp³-hybridized carbons (Fsp3) is 0.667. The molecule has 1 unspecified atom stereocenters. The number of aliphatic hydroxyl groups is 1. The van der Waals surface area contributed by atoms with Crippen molar-refractivity contribution in [2.45, 2.75) is 39.0 Å². The van der Waals surface area contributed by atoms with E-state index in [-0.39, 0.29) is 18.3 Å². The molecule has 0 saturated heterocycles. The van der Waals surface area contributed by atoms with Crippen LogP contribution in [-0.4, -0.2) is 28.0 Å². The molecule has 0 fully saturated rings. The highest BCUT2D eigenvalue weighted by Crippen LogP contribution is 2.27. The minimum atomic E-state index is -4.49. The van der Waals surface area contributed by atoms with Crippen molar-refractivity contribution < 1.29 is 18.3 Å². The molecule has 4 nitrogen and oxygen atoms in total. The zero-order chi connectivity index (χ0) is 14.5. The normalized spacial score (nSPS) is 13.6. The maximum atomic E-state index is 12.3. The van der Waals surface area contributed by atoms with Crippen LogP contribution < -0.4 is 5.32 Å². The van der Waals surface area contributed by atoms with E-state index in [1.807, 2.05) is 13.8 Å². The van der Waals surface area contributed by atoms with E-state index in [9.17, 15) is 18.3 Å². The summed E-state index contributed by atoms with van der Waals surface area (Å²) in [5.74, 6) is 0.382. The molecule has 1 aromatic rings. The van der Waals surface area contributed by atoms with Crippen molar-refractivity contribution in [2.75, 3.05) is 11.9 Å². The Labute approximate surface area is 110 Å². The Balaban J connectivity index is 2.55. The number of anilines is 1. The lowest BCUT2D eigenvalue weighted by Gasteiger charge is -2.20. The summed E-state index contributed by atoms with van der Waals surface area (Å²) in [5, 5.41) is 19.2. The molecule has 0 saturated carbocycles. The van der Waals surface area contributed by atoms with Crippen molar-refractivity contribution >= 4 is 5.82 Å². The molecular formula is C12H18F3N3O. The molecule has 0 aliphatic heterocycles. The lowest BCUT2D eigenvalue weighted by Crippen LogP contribution is -2.28. The molecule has 0 aromatic carbocycles. The summed E-state index contributed by atoms with van der Waals surface area (Å²) in [6, 6.07) is 2.06. The van der Waals surface area contributed by atoms with Gasteiger partial charge in [0.25, 0.3) is 0 Å². The van der Waals surface area contributed by atoms with Crippen LogP contribution in [0.15, 0.2) is 12.1 Å². The van der Waals surface area contributed by atoms with Crippen LogP contribution in [0.4, 0.5) is 19.0 Å². The Bertz CT molecular complexity index is 377. The molecule has 0 amide bonds. The van der Waals surface area contributed by atoms with E-state index < -0.39 is 18.0 Å². The van der Waals surface area contributed by atoms with Gasteiger partial charge in [0.05, 0.1) is 6.10 Å². The second kappa shape index (κ2) is 6.70. The molecule has 0 spiro atoms.